The highest BCUT2D eigenvalue weighted by Gasteiger charge is 2.09. The molecule has 2 N–H and O–H groups in total. The number of aliphatic carboxylic acids is 1. The first-order valence-electron chi connectivity index (χ1n) is 8.18. The van der Waals surface area contributed by atoms with Gasteiger partial charge in [0.1, 0.15) is 0 Å². The van der Waals surface area contributed by atoms with Crippen molar-refractivity contribution in [1.29, 1.82) is 0 Å². The SMILES string of the molecule is Cc1ccccc1-n1cc(C(=O)NCCCCCCC(=O)O)cn1. The summed E-state index contributed by atoms with van der Waals surface area (Å²) in [5, 5.41) is 15.7. The summed E-state index contributed by atoms with van der Waals surface area (Å²) in [6, 6.07) is 7.86. The van der Waals surface area contributed by atoms with Gasteiger partial charge in [0.2, 0.25) is 0 Å². The molecular formula is C18H23N3O3. The first-order chi connectivity index (χ1) is 11.6. The van der Waals surface area contributed by atoms with E-state index in [9.17, 15) is 9.59 Å². The highest BCUT2D eigenvalue weighted by atomic mass is 16.4. The van der Waals surface area contributed by atoms with Gasteiger partial charge in [0.05, 0.1) is 17.4 Å². The van der Waals surface area contributed by atoms with E-state index in [0.29, 0.717) is 18.5 Å². The summed E-state index contributed by atoms with van der Waals surface area (Å²) < 4.78 is 1.70. The number of carboxylic acids is 1. The Morgan fingerprint density at radius 3 is 2.67 bits per heavy atom. The fourth-order valence-corrected chi connectivity index (χ4v) is 2.45. The van der Waals surface area contributed by atoms with E-state index >= 15 is 0 Å². The van der Waals surface area contributed by atoms with Gasteiger partial charge in [-0.15, -0.1) is 0 Å². The Morgan fingerprint density at radius 1 is 1.17 bits per heavy atom. The van der Waals surface area contributed by atoms with Crippen LogP contribution in [0.25, 0.3) is 5.69 Å². The number of aryl methyl sites for hydroxylation is 1. The van der Waals surface area contributed by atoms with E-state index in [-0.39, 0.29) is 12.3 Å². The molecule has 24 heavy (non-hydrogen) atoms. The molecule has 6 nitrogen and oxygen atoms in total. The quantitative estimate of drug-likeness (QED) is 0.693. The Balaban J connectivity index is 1.76. The van der Waals surface area contributed by atoms with Crippen molar-refractivity contribution >= 4 is 11.9 Å². The Kier molecular flexibility index (Phi) is 6.54. The van der Waals surface area contributed by atoms with Gasteiger partial charge >= 0.3 is 5.97 Å². The van der Waals surface area contributed by atoms with Gasteiger partial charge in [0, 0.05) is 19.2 Å². The number of hydrogen-bond acceptors (Lipinski definition) is 3. The molecule has 2 aromatic rings. The van der Waals surface area contributed by atoms with Crippen LogP contribution >= 0.6 is 0 Å². The van der Waals surface area contributed by atoms with Gasteiger partial charge in [-0.2, -0.15) is 5.10 Å². The predicted octanol–water partition coefficient (Wildman–Crippen LogP) is 2.95. The molecule has 0 atom stereocenters. The van der Waals surface area contributed by atoms with Gasteiger partial charge in [-0.25, -0.2) is 4.68 Å². The van der Waals surface area contributed by atoms with Crippen LogP contribution in [-0.2, 0) is 4.79 Å². The molecule has 0 aliphatic carbocycles. The monoisotopic (exact) mass is 329 g/mol. The fourth-order valence-electron chi connectivity index (χ4n) is 2.45. The zero-order chi connectivity index (χ0) is 17.4. The van der Waals surface area contributed by atoms with Crippen LogP contribution < -0.4 is 5.32 Å². The van der Waals surface area contributed by atoms with Gasteiger partial charge in [0.15, 0.2) is 0 Å². The molecule has 6 heteroatoms. The Hall–Kier alpha value is -2.63. The number of para-hydroxylation sites is 1. The van der Waals surface area contributed by atoms with Crippen LogP contribution in [0.15, 0.2) is 36.7 Å². The third-order valence-electron chi connectivity index (χ3n) is 3.81. The molecule has 0 fully saturated rings. The number of unbranched alkanes of at least 4 members (excludes halogenated alkanes) is 3. The Bertz CT molecular complexity index is 694. The molecule has 0 aliphatic rings. The number of carbonyl (C=O) groups is 2. The maximum Gasteiger partial charge on any atom is 0.303 e. The second-order valence-electron chi connectivity index (χ2n) is 5.77. The molecule has 2 rings (SSSR count). The first kappa shape index (κ1) is 17.7. The van der Waals surface area contributed by atoms with Crippen LogP contribution in [0.3, 0.4) is 0 Å². The van der Waals surface area contributed by atoms with Crippen LogP contribution in [0.4, 0.5) is 0 Å². The predicted molar refractivity (Wildman–Crippen MR) is 91.4 cm³/mol. The van der Waals surface area contributed by atoms with E-state index < -0.39 is 5.97 Å². The van der Waals surface area contributed by atoms with E-state index in [1.165, 1.54) is 0 Å². The Labute approximate surface area is 141 Å². The zero-order valence-corrected chi connectivity index (χ0v) is 13.9. The van der Waals surface area contributed by atoms with Gasteiger partial charge < -0.3 is 10.4 Å². The van der Waals surface area contributed by atoms with Crippen molar-refractivity contribution < 1.29 is 14.7 Å². The number of amides is 1. The second kappa shape index (κ2) is 8.86. The van der Waals surface area contributed by atoms with Crippen molar-refractivity contribution in [3.8, 4) is 5.69 Å². The highest BCUT2D eigenvalue weighted by Crippen LogP contribution is 2.13. The van der Waals surface area contributed by atoms with E-state index in [1.54, 1.807) is 17.1 Å². The minimum absolute atomic E-state index is 0.139. The summed E-state index contributed by atoms with van der Waals surface area (Å²) >= 11 is 0. The number of nitrogens with zero attached hydrogens (tertiary/aromatic N) is 2. The topological polar surface area (TPSA) is 84.2 Å². The molecule has 1 amide bonds. The standard InChI is InChI=1S/C18H23N3O3/c1-14-8-5-6-9-16(14)21-13-15(12-20-21)18(24)19-11-7-3-2-4-10-17(22)23/h5-6,8-9,12-13H,2-4,7,10-11H2,1H3,(H,19,24)(H,22,23). The smallest absolute Gasteiger partial charge is 0.303 e. The van der Waals surface area contributed by atoms with Crippen molar-refractivity contribution in [3.05, 3.63) is 47.8 Å². The van der Waals surface area contributed by atoms with Crippen molar-refractivity contribution in [2.45, 2.75) is 39.0 Å². The number of benzene rings is 1. The summed E-state index contributed by atoms with van der Waals surface area (Å²) in [5.74, 6) is -0.894. The number of carbonyl (C=O) groups excluding carboxylic acids is 1. The highest BCUT2D eigenvalue weighted by molar-refractivity contribution is 5.93. The molecule has 1 heterocycles. The largest absolute Gasteiger partial charge is 0.481 e. The van der Waals surface area contributed by atoms with Gasteiger partial charge in [0.25, 0.3) is 5.91 Å². The van der Waals surface area contributed by atoms with Crippen molar-refractivity contribution in [1.82, 2.24) is 15.1 Å². The van der Waals surface area contributed by atoms with Gasteiger partial charge in [-0.3, -0.25) is 9.59 Å². The minimum atomic E-state index is -0.756. The number of hydrogen-bond donors (Lipinski definition) is 2. The van der Waals surface area contributed by atoms with Crippen LogP contribution in [0.1, 0.15) is 48.0 Å². The lowest BCUT2D eigenvalue weighted by Gasteiger charge is -2.05. The second-order valence-corrected chi connectivity index (χ2v) is 5.77. The number of aromatic nitrogens is 2. The van der Waals surface area contributed by atoms with Crippen molar-refractivity contribution in [2.24, 2.45) is 0 Å². The summed E-state index contributed by atoms with van der Waals surface area (Å²) in [4.78, 5) is 22.5. The fraction of sp³-hybridized carbons (Fsp3) is 0.389. The average Bonchev–Trinajstić information content (AvgIpc) is 3.03. The first-order valence-corrected chi connectivity index (χ1v) is 8.18. The molecule has 128 valence electrons. The maximum atomic E-state index is 12.1. The van der Waals surface area contributed by atoms with Crippen LogP contribution in [0.2, 0.25) is 0 Å². The van der Waals surface area contributed by atoms with E-state index in [4.69, 9.17) is 5.11 Å². The normalized spacial score (nSPS) is 10.5. The van der Waals surface area contributed by atoms with E-state index in [2.05, 4.69) is 10.4 Å². The van der Waals surface area contributed by atoms with E-state index in [0.717, 1.165) is 30.5 Å². The van der Waals surface area contributed by atoms with Crippen LogP contribution in [-0.4, -0.2) is 33.3 Å². The van der Waals surface area contributed by atoms with E-state index in [1.807, 2.05) is 31.2 Å². The molecule has 1 aromatic carbocycles. The summed E-state index contributed by atoms with van der Waals surface area (Å²) in [6.45, 7) is 2.59. The van der Waals surface area contributed by atoms with Gasteiger partial charge in [-0.1, -0.05) is 31.0 Å². The Morgan fingerprint density at radius 2 is 1.92 bits per heavy atom. The third kappa shape index (κ3) is 5.22. The molecule has 0 saturated heterocycles. The molecule has 0 aliphatic heterocycles. The lowest BCUT2D eigenvalue weighted by atomic mass is 10.1. The molecule has 0 bridgehead atoms. The van der Waals surface area contributed by atoms with Crippen LogP contribution in [0, 0.1) is 6.92 Å². The van der Waals surface area contributed by atoms with Crippen molar-refractivity contribution in [2.75, 3.05) is 6.54 Å². The third-order valence-corrected chi connectivity index (χ3v) is 3.81. The lowest BCUT2D eigenvalue weighted by Crippen LogP contribution is -2.24. The van der Waals surface area contributed by atoms with Gasteiger partial charge in [-0.05, 0) is 31.4 Å². The molecule has 0 saturated carbocycles. The molecule has 1 aromatic heterocycles. The minimum Gasteiger partial charge on any atom is -0.481 e. The summed E-state index contributed by atoms with van der Waals surface area (Å²) in [6.07, 6.45) is 6.82. The number of nitrogens with one attached hydrogen (secondary N) is 1. The molecule has 0 unspecified atom stereocenters. The lowest BCUT2D eigenvalue weighted by molar-refractivity contribution is -0.137. The molecule has 0 radical (unpaired) electrons. The number of rotatable bonds is 9. The summed E-state index contributed by atoms with van der Waals surface area (Å²) in [7, 11) is 0. The zero-order valence-electron chi connectivity index (χ0n) is 13.9. The maximum absolute atomic E-state index is 12.1. The van der Waals surface area contributed by atoms with Crippen molar-refractivity contribution in [3.63, 3.8) is 0 Å². The number of carboxylic acid groups (broad SMARTS) is 1. The van der Waals surface area contributed by atoms with Crippen LogP contribution in [0.5, 0.6) is 0 Å². The molecular weight excluding hydrogens is 306 g/mol. The molecule has 0 spiro atoms. The average molecular weight is 329 g/mol. The summed E-state index contributed by atoms with van der Waals surface area (Å²) in [5.41, 5.74) is 2.58.